The van der Waals surface area contributed by atoms with E-state index in [0.29, 0.717) is 13.1 Å². The summed E-state index contributed by atoms with van der Waals surface area (Å²) in [6, 6.07) is 16.5. The first kappa shape index (κ1) is 22.4. The van der Waals surface area contributed by atoms with Crippen molar-refractivity contribution in [2.24, 2.45) is 0 Å². The van der Waals surface area contributed by atoms with Crippen LogP contribution in [0.15, 0.2) is 58.6 Å². The lowest BCUT2D eigenvalue weighted by atomic mass is 10.1. The van der Waals surface area contributed by atoms with E-state index in [4.69, 9.17) is 0 Å². The Hall–Kier alpha value is -2.84. The third-order valence-corrected chi connectivity index (χ3v) is 7.62. The Morgan fingerprint density at radius 3 is 1.53 bits per heavy atom. The molecule has 0 saturated heterocycles. The first-order chi connectivity index (χ1) is 15.5. The van der Waals surface area contributed by atoms with E-state index in [2.05, 4.69) is 44.9 Å². The van der Waals surface area contributed by atoms with Gasteiger partial charge < -0.3 is 20.6 Å². The van der Waals surface area contributed by atoms with Gasteiger partial charge in [0.05, 0.1) is 10.1 Å². The number of carbonyl (C=O) groups is 2. The molecule has 2 aromatic heterocycles. The van der Waals surface area contributed by atoms with Crippen LogP contribution >= 0.6 is 21.6 Å². The highest BCUT2D eigenvalue weighted by Gasteiger charge is 2.16. The zero-order valence-electron chi connectivity index (χ0n) is 18.1. The molecule has 4 N–H and O–H groups in total. The Kier molecular flexibility index (Phi) is 7.12. The van der Waals surface area contributed by atoms with Crippen molar-refractivity contribution < 1.29 is 9.59 Å². The minimum Gasteiger partial charge on any atom is -0.356 e. The van der Waals surface area contributed by atoms with E-state index < -0.39 is 0 Å². The molecule has 4 aromatic rings. The molecular formula is C24H26N4O2S2. The summed E-state index contributed by atoms with van der Waals surface area (Å²) in [6.45, 7) is 4.28. The molecule has 0 bridgehead atoms. The van der Waals surface area contributed by atoms with Gasteiger partial charge in [-0.3, -0.25) is 9.59 Å². The van der Waals surface area contributed by atoms with Crippen LogP contribution in [-0.2, 0) is 22.4 Å². The van der Waals surface area contributed by atoms with Crippen LogP contribution < -0.4 is 10.6 Å². The quantitative estimate of drug-likeness (QED) is 0.267. The summed E-state index contributed by atoms with van der Waals surface area (Å²) < 4.78 is 0. The van der Waals surface area contributed by atoms with Gasteiger partial charge in [0.15, 0.2) is 0 Å². The highest BCUT2D eigenvalue weighted by Crippen LogP contribution is 2.43. The lowest BCUT2D eigenvalue weighted by Gasteiger charge is -2.07. The third kappa shape index (κ3) is 5.14. The minimum absolute atomic E-state index is 0.0182. The predicted molar refractivity (Wildman–Crippen MR) is 133 cm³/mol. The number of hydrogen-bond donors (Lipinski definition) is 4. The van der Waals surface area contributed by atoms with Crippen LogP contribution in [0.4, 0.5) is 0 Å². The van der Waals surface area contributed by atoms with Gasteiger partial charge in [0.1, 0.15) is 0 Å². The molecule has 166 valence electrons. The molecule has 0 aliphatic carbocycles. The van der Waals surface area contributed by atoms with Gasteiger partial charge in [-0.1, -0.05) is 36.4 Å². The molecule has 0 saturated carbocycles. The third-order valence-electron chi connectivity index (χ3n) is 5.26. The predicted octanol–water partition coefficient (Wildman–Crippen LogP) is 4.81. The Bertz CT molecular complexity index is 1160. The molecule has 0 atom stereocenters. The molecule has 0 radical (unpaired) electrons. The standard InChI is InChI=1S/C24H26N4O2S2/c1-15(29)25-13-11-19-17-7-3-5-9-21(17)27-23(19)31-32-24-20(12-14-26-16(2)30)18-8-4-6-10-22(18)28-24/h3-10,27-28H,11-14H2,1-2H3,(H,25,29)(H,26,30). The molecule has 0 aliphatic heterocycles. The summed E-state index contributed by atoms with van der Waals surface area (Å²) in [5.74, 6) is -0.0365. The molecule has 0 spiro atoms. The summed E-state index contributed by atoms with van der Waals surface area (Å²) in [5, 5.41) is 10.3. The van der Waals surface area contributed by atoms with E-state index in [1.54, 1.807) is 35.4 Å². The first-order valence-corrected chi connectivity index (χ1v) is 12.7. The van der Waals surface area contributed by atoms with Crippen LogP contribution in [0.25, 0.3) is 21.8 Å². The van der Waals surface area contributed by atoms with E-state index in [-0.39, 0.29) is 11.8 Å². The summed E-state index contributed by atoms with van der Waals surface area (Å²) in [5.41, 5.74) is 4.61. The first-order valence-electron chi connectivity index (χ1n) is 10.6. The molecule has 2 heterocycles. The van der Waals surface area contributed by atoms with Gasteiger partial charge >= 0.3 is 0 Å². The number of amides is 2. The number of para-hydroxylation sites is 2. The molecule has 6 nitrogen and oxygen atoms in total. The number of carbonyl (C=O) groups excluding carboxylic acids is 2. The number of nitrogens with one attached hydrogen (secondary N) is 4. The van der Waals surface area contributed by atoms with Gasteiger partial charge in [-0.2, -0.15) is 0 Å². The van der Waals surface area contributed by atoms with E-state index in [0.717, 1.165) is 33.9 Å². The van der Waals surface area contributed by atoms with Gasteiger partial charge in [0.2, 0.25) is 11.8 Å². The van der Waals surface area contributed by atoms with Crippen molar-refractivity contribution in [3.8, 4) is 0 Å². The van der Waals surface area contributed by atoms with Crippen molar-refractivity contribution in [1.82, 2.24) is 20.6 Å². The number of H-pyrrole nitrogens is 2. The van der Waals surface area contributed by atoms with Gasteiger partial charge in [-0.25, -0.2) is 0 Å². The monoisotopic (exact) mass is 466 g/mol. The molecule has 32 heavy (non-hydrogen) atoms. The van der Waals surface area contributed by atoms with Crippen molar-refractivity contribution in [3.05, 3.63) is 59.7 Å². The van der Waals surface area contributed by atoms with Crippen molar-refractivity contribution >= 4 is 55.2 Å². The number of aromatic amines is 2. The largest absolute Gasteiger partial charge is 0.356 e. The van der Waals surface area contributed by atoms with E-state index in [1.165, 1.54) is 21.9 Å². The minimum atomic E-state index is -0.0182. The molecule has 0 unspecified atom stereocenters. The van der Waals surface area contributed by atoms with Crippen molar-refractivity contribution in [3.63, 3.8) is 0 Å². The van der Waals surface area contributed by atoms with E-state index in [9.17, 15) is 9.59 Å². The van der Waals surface area contributed by atoms with Crippen molar-refractivity contribution in [1.29, 1.82) is 0 Å². The summed E-state index contributed by atoms with van der Waals surface area (Å²) in [6.07, 6.45) is 1.52. The number of aromatic nitrogens is 2. The molecule has 4 rings (SSSR count). The lowest BCUT2D eigenvalue weighted by Crippen LogP contribution is -2.22. The number of benzene rings is 2. The van der Waals surface area contributed by atoms with Crippen LogP contribution in [0.1, 0.15) is 25.0 Å². The molecule has 2 amide bonds. The summed E-state index contributed by atoms with van der Waals surface area (Å²) in [7, 11) is 3.37. The topological polar surface area (TPSA) is 89.8 Å². The van der Waals surface area contributed by atoms with Gasteiger partial charge in [0.25, 0.3) is 0 Å². The number of rotatable bonds is 9. The van der Waals surface area contributed by atoms with Gasteiger partial charge in [-0.05, 0) is 57.7 Å². The smallest absolute Gasteiger partial charge is 0.216 e. The fourth-order valence-electron chi connectivity index (χ4n) is 3.80. The average molecular weight is 467 g/mol. The molecule has 2 aromatic carbocycles. The maximum absolute atomic E-state index is 11.3. The lowest BCUT2D eigenvalue weighted by molar-refractivity contribution is -0.119. The second-order valence-corrected chi connectivity index (χ2v) is 9.74. The highest BCUT2D eigenvalue weighted by molar-refractivity contribution is 8.76. The SMILES string of the molecule is CC(=O)NCCc1c(SSc2[nH]c3ccccc3c2CCNC(C)=O)[nH]c2ccccc12. The Balaban J connectivity index is 1.59. The maximum Gasteiger partial charge on any atom is 0.216 e. The Labute approximate surface area is 194 Å². The normalized spacial score (nSPS) is 11.2. The molecular weight excluding hydrogens is 440 g/mol. The second-order valence-electron chi connectivity index (χ2n) is 7.59. The molecule has 0 fully saturated rings. The summed E-state index contributed by atoms with van der Waals surface area (Å²) in [4.78, 5) is 29.7. The van der Waals surface area contributed by atoms with E-state index in [1.807, 2.05) is 24.3 Å². The summed E-state index contributed by atoms with van der Waals surface area (Å²) >= 11 is 0. The van der Waals surface area contributed by atoms with Crippen LogP contribution in [0.2, 0.25) is 0 Å². The van der Waals surface area contributed by atoms with Gasteiger partial charge in [-0.15, -0.1) is 0 Å². The van der Waals surface area contributed by atoms with Gasteiger partial charge in [0, 0.05) is 48.7 Å². The van der Waals surface area contributed by atoms with Crippen molar-refractivity contribution in [2.45, 2.75) is 36.7 Å². The van der Waals surface area contributed by atoms with Crippen molar-refractivity contribution in [2.75, 3.05) is 13.1 Å². The van der Waals surface area contributed by atoms with Crippen LogP contribution in [0.3, 0.4) is 0 Å². The van der Waals surface area contributed by atoms with Crippen LogP contribution in [0.5, 0.6) is 0 Å². The fraction of sp³-hybridized carbons (Fsp3) is 0.250. The second kappa shape index (κ2) is 10.2. The zero-order valence-corrected chi connectivity index (χ0v) is 19.7. The maximum atomic E-state index is 11.3. The highest BCUT2D eigenvalue weighted by atomic mass is 33.1. The number of hydrogen-bond acceptors (Lipinski definition) is 4. The van der Waals surface area contributed by atoms with Crippen LogP contribution in [-0.4, -0.2) is 34.9 Å². The molecule has 8 heteroatoms. The molecule has 0 aliphatic rings. The van der Waals surface area contributed by atoms with E-state index >= 15 is 0 Å². The Morgan fingerprint density at radius 1 is 0.719 bits per heavy atom. The number of fused-ring (bicyclic) bond motifs is 2. The Morgan fingerprint density at radius 2 is 1.12 bits per heavy atom. The zero-order chi connectivity index (χ0) is 22.5. The van der Waals surface area contributed by atoms with Crippen LogP contribution in [0, 0.1) is 0 Å². The average Bonchev–Trinajstić information content (AvgIpc) is 3.30. The fourth-order valence-corrected chi connectivity index (χ4v) is 6.25.